The van der Waals surface area contributed by atoms with E-state index in [0.717, 1.165) is 261 Å². The molecule has 5 nitrogen and oxygen atoms in total. The molecule has 0 saturated heterocycles. The fourth-order valence-corrected chi connectivity index (χ4v) is 22.7. The maximum absolute atomic E-state index is 10.3. The molecule has 0 N–H and O–H groups in total. The van der Waals surface area contributed by atoms with E-state index in [1.165, 1.54) is 5.56 Å². The van der Waals surface area contributed by atoms with E-state index in [9.17, 15) is 18.7 Å². The Labute approximate surface area is 819 Å². The number of aromatic nitrogens is 1. The Morgan fingerprint density at radius 2 is 0.421 bits per heavy atom. The number of nitriles is 2. The van der Waals surface area contributed by atoms with Crippen LogP contribution in [0.15, 0.2) is 464 Å². The summed E-state index contributed by atoms with van der Waals surface area (Å²) in [5.74, 6) is 0. The van der Waals surface area contributed by atoms with Crippen molar-refractivity contribution in [3.8, 4) is 257 Å². The largest absolute Gasteiger partial charge is 0.455 e. The van der Waals surface area contributed by atoms with Gasteiger partial charge in [0.2, 0.25) is 0 Å². The zero-order chi connectivity index (χ0) is 97.9. The normalized spacial score (nSPS) is 12.6. The smallest absolute Gasteiger partial charge is 0.143 e. The molecule has 21 aromatic carbocycles. The van der Waals surface area contributed by atoms with Crippen LogP contribution in [0.4, 0.5) is 0 Å². The van der Waals surface area contributed by atoms with Crippen molar-refractivity contribution in [1.82, 2.24) is 4.98 Å². The summed E-state index contributed by atoms with van der Waals surface area (Å²) in [6.07, 6.45) is 1.85. The van der Waals surface area contributed by atoms with Gasteiger partial charge < -0.3 is 8.83 Å². The van der Waals surface area contributed by atoms with Gasteiger partial charge in [0.05, 0.1) is 29.0 Å². The molecule has 140 heavy (non-hydrogen) atoms. The number of para-hydroxylation sites is 3. The Kier molecular flexibility index (Phi) is 17.4. The van der Waals surface area contributed by atoms with E-state index in [0.29, 0.717) is 44.5 Å². The van der Waals surface area contributed by atoms with Crippen LogP contribution in [-0.2, 0) is 0 Å². The molecule has 4 aliphatic rings. The standard InChI is InChI=1S/C68H41NO.C67H40N2O/c1-41-46(43-29-33-57-53-18-5-4-16-51(53)49-14-2-3-15-50(49)52-17-6-7-19-54(52)64(57)37-43)23-12-24-47(41)44-30-34-59-58-35-31-45(48-25-13-26-62-61-22-10-11-27-67(61)70-68(48)62)39-65(58)56-21-9-8-20-55(56)63-36-42(40-69)28-32-60(63)66(59)38-44;1-40-45(21-10-22-46(40)43-28-32-57-59-25-12-34-69-66(59)58-20-9-8-16-51(58)50-15-4-7-19-54(50)63(57)37-43)42-27-30-55-56-31-29-44(47-23-11-24-60-64-35-41(39-68)26-33-65(64)70-67(47)60)38-62(56)53-18-6-3-14-49(53)48-13-2-5-17-52(48)61(55)36-42/h2-39H,1H3;2-38H,1H3/i2*1D3. The van der Waals surface area contributed by atoms with E-state index >= 15 is 0 Å². The van der Waals surface area contributed by atoms with Crippen LogP contribution in [0.25, 0.3) is 289 Å². The first-order valence-electron chi connectivity index (χ1n) is 50.3. The predicted octanol–water partition coefficient (Wildman–Crippen LogP) is 36.9. The van der Waals surface area contributed by atoms with Crippen LogP contribution >= 0.6 is 0 Å². The molecule has 0 amide bonds. The predicted molar refractivity (Wildman–Crippen MR) is 578 cm³/mol. The molecule has 0 atom stereocenters. The van der Waals surface area contributed by atoms with Gasteiger partial charge in [-0.2, -0.15) is 10.5 Å². The summed E-state index contributed by atoms with van der Waals surface area (Å²) >= 11 is 0. The lowest BCUT2D eigenvalue weighted by atomic mass is 9.78. The summed E-state index contributed by atoms with van der Waals surface area (Å²) in [5, 5.41) is 24.0. The third-order valence-electron chi connectivity index (χ3n) is 29.1. The minimum atomic E-state index is -2.48. The summed E-state index contributed by atoms with van der Waals surface area (Å²) < 4.78 is 68.6. The monoisotopic (exact) mass is 1780 g/mol. The summed E-state index contributed by atoms with van der Waals surface area (Å²) in [7, 11) is 0. The minimum Gasteiger partial charge on any atom is -0.455 e. The zero-order valence-electron chi connectivity index (χ0n) is 81.5. The van der Waals surface area contributed by atoms with E-state index in [-0.39, 0.29) is 0 Å². The number of hydrogen-bond acceptors (Lipinski definition) is 5. The third kappa shape index (κ3) is 12.9. The molecule has 28 rings (SSSR count). The highest BCUT2D eigenvalue weighted by molar-refractivity contribution is 6.15. The summed E-state index contributed by atoms with van der Waals surface area (Å²) in [5.41, 5.74) is 48.6. The molecule has 0 unspecified atom stereocenters. The van der Waals surface area contributed by atoms with Crippen LogP contribution in [-0.4, -0.2) is 4.98 Å². The maximum Gasteiger partial charge on any atom is 0.143 e. The van der Waals surface area contributed by atoms with Crippen LogP contribution in [0.5, 0.6) is 0 Å². The van der Waals surface area contributed by atoms with Crippen molar-refractivity contribution in [2.75, 3.05) is 0 Å². The van der Waals surface area contributed by atoms with E-state index in [2.05, 4.69) is 358 Å². The molecule has 24 aromatic rings. The molecule has 3 aromatic heterocycles. The van der Waals surface area contributed by atoms with Crippen molar-refractivity contribution in [3.63, 3.8) is 0 Å². The average molecular weight is 1780 g/mol. The molecular weight excluding hydrogens is 1700 g/mol. The van der Waals surface area contributed by atoms with Gasteiger partial charge in [0.1, 0.15) is 22.3 Å². The van der Waals surface area contributed by atoms with E-state index in [4.69, 9.17) is 13.8 Å². The lowest BCUT2D eigenvalue weighted by molar-refractivity contribution is 0.669. The van der Waals surface area contributed by atoms with Crippen molar-refractivity contribution in [2.24, 2.45) is 0 Å². The fourth-order valence-electron chi connectivity index (χ4n) is 22.7. The second-order valence-corrected chi connectivity index (χ2v) is 36.5. The van der Waals surface area contributed by atoms with Crippen LogP contribution in [0.1, 0.15) is 30.5 Å². The van der Waals surface area contributed by atoms with Crippen molar-refractivity contribution < 1.29 is 17.1 Å². The lowest BCUT2D eigenvalue weighted by Crippen LogP contribution is -1.99. The van der Waals surface area contributed by atoms with Crippen LogP contribution in [0, 0.1) is 36.4 Å². The summed E-state index contributed by atoms with van der Waals surface area (Å²) in [4.78, 5) is 4.94. The summed E-state index contributed by atoms with van der Waals surface area (Å²) in [6, 6.07) is 160. The first kappa shape index (κ1) is 74.7. The molecule has 0 fully saturated rings. The van der Waals surface area contributed by atoms with Gasteiger partial charge in [-0.05, 0) is 321 Å². The van der Waals surface area contributed by atoms with E-state index in [1.54, 1.807) is 6.07 Å². The third-order valence-corrected chi connectivity index (χ3v) is 29.1. The van der Waals surface area contributed by atoms with Crippen LogP contribution in [0.2, 0.25) is 0 Å². The number of nitrogens with zero attached hydrogens (tertiary/aromatic N) is 3. The Bertz CT molecular complexity index is 9780. The number of benzene rings is 21. The molecule has 0 saturated carbocycles. The first-order chi connectivity index (χ1) is 71.6. The number of rotatable bonds is 6. The number of furan rings is 2. The second kappa shape index (κ2) is 32.6. The topological polar surface area (TPSA) is 86.8 Å². The Balaban J connectivity index is 0.000000145. The molecule has 0 aliphatic heterocycles. The fraction of sp³-hybridized carbons (Fsp3) is 0.0148. The SMILES string of the molecule is [2H]C([2H])([2H])c1c(-c2ccc3c(c2)-c2ccccc2-c2ccccc2-c2cc(-c4cccc5c4oc4ccc(C#N)cc45)ccc2-3)cccc1-c1ccc2c(c1)-c1ccccc1-c1ccccc1-c1ncccc1-2.[2H]C([2H])([2H])c1c(-c2ccc3c(c2)-c2ccccc2-c2ccccc2-c2ccccc2-3)cccc1-c1ccc2c(c1)-c1ccc(C#N)cc1-c1ccccc1-c1cc(-c3cccc4c3oc3ccccc34)ccc1-2. The minimum absolute atomic E-state index is 0.292. The number of pyridine rings is 1. The molecule has 0 radical (unpaired) electrons. The molecular formula is C135H81N3O2. The maximum atomic E-state index is 10.3. The van der Waals surface area contributed by atoms with Crippen molar-refractivity contribution in [2.45, 2.75) is 13.7 Å². The summed E-state index contributed by atoms with van der Waals surface area (Å²) in [6.45, 7) is -4.94. The van der Waals surface area contributed by atoms with Gasteiger partial charge in [-0.15, -0.1) is 0 Å². The Morgan fingerprint density at radius 3 is 0.786 bits per heavy atom. The molecule has 0 bridgehead atoms. The van der Waals surface area contributed by atoms with Crippen LogP contribution < -0.4 is 0 Å². The highest BCUT2D eigenvalue weighted by Crippen LogP contribution is 2.57. The molecule has 3 heterocycles. The Hall–Kier alpha value is -18.7. The van der Waals surface area contributed by atoms with Gasteiger partial charge in [0.15, 0.2) is 0 Å². The highest BCUT2D eigenvalue weighted by Gasteiger charge is 2.32. The van der Waals surface area contributed by atoms with Gasteiger partial charge in [0, 0.05) is 58.2 Å². The molecule has 5 heteroatoms. The quantitative estimate of drug-likeness (QED) is 0.166. The number of fused-ring (bicyclic) bond motifs is 38. The van der Waals surface area contributed by atoms with Crippen molar-refractivity contribution in [3.05, 3.63) is 477 Å². The van der Waals surface area contributed by atoms with Gasteiger partial charge >= 0.3 is 0 Å². The van der Waals surface area contributed by atoms with E-state index in [1.807, 2.05) is 103 Å². The average Bonchev–Trinajstić information content (AvgIpc) is 0.833. The zero-order valence-corrected chi connectivity index (χ0v) is 75.5. The molecule has 0 spiro atoms. The lowest BCUT2D eigenvalue weighted by Gasteiger charge is -2.25. The van der Waals surface area contributed by atoms with E-state index < -0.39 is 13.7 Å². The van der Waals surface area contributed by atoms with Gasteiger partial charge in [0.25, 0.3) is 0 Å². The second-order valence-electron chi connectivity index (χ2n) is 36.5. The Morgan fingerprint density at radius 1 is 0.186 bits per heavy atom. The van der Waals surface area contributed by atoms with Crippen molar-refractivity contribution >= 4 is 43.9 Å². The molecule has 648 valence electrons. The number of hydrogen-bond donors (Lipinski definition) is 0. The van der Waals surface area contributed by atoms with Crippen molar-refractivity contribution in [1.29, 1.82) is 10.5 Å². The van der Waals surface area contributed by atoms with Gasteiger partial charge in [-0.1, -0.05) is 370 Å². The van der Waals surface area contributed by atoms with Gasteiger partial charge in [-0.25, -0.2) is 0 Å². The molecule has 4 aliphatic carbocycles. The highest BCUT2D eigenvalue weighted by atomic mass is 16.3. The van der Waals surface area contributed by atoms with Gasteiger partial charge in [-0.3, -0.25) is 4.98 Å². The van der Waals surface area contributed by atoms with Crippen LogP contribution in [0.3, 0.4) is 0 Å². The first-order valence-corrected chi connectivity index (χ1v) is 47.3.